The molecule has 1 aromatic rings. The van der Waals surface area contributed by atoms with Gasteiger partial charge in [0.2, 0.25) is 0 Å². The predicted molar refractivity (Wildman–Crippen MR) is 67.2 cm³/mol. The van der Waals surface area contributed by atoms with Gasteiger partial charge in [-0.2, -0.15) is 13.2 Å². The molecule has 0 fully saturated rings. The van der Waals surface area contributed by atoms with E-state index in [4.69, 9.17) is 4.74 Å². The van der Waals surface area contributed by atoms with Crippen LogP contribution in [0.4, 0.5) is 22.0 Å². The summed E-state index contributed by atoms with van der Waals surface area (Å²) in [5, 5.41) is 9.25. The minimum Gasteiger partial charge on any atom is -0.483 e. The van der Waals surface area contributed by atoms with E-state index in [1.807, 2.05) is 0 Å². The van der Waals surface area contributed by atoms with Crippen LogP contribution in [0.25, 0.3) is 0 Å². The summed E-state index contributed by atoms with van der Waals surface area (Å²) in [5.74, 6) is -3.58. The highest BCUT2D eigenvalue weighted by Crippen LogP contribution is 2.53. The van der Waals surface area contributed by atoms with E-state index in [1.54, 1.807) is 0 Å². The number of ether oxygens (including phenoxy) is 1. The maximum absolute atomic E-state index is 13.5. The molecule has 0 amide bonds. The van der Waals surface area contributed by atoms with Gasteiger partial charge >= 0.3 is 6.18 Å². The third-order valence-corrected chi connectivity index (χ3v) is 6.02. The fourth-order valence-corrected chi connectivity index (χ4v) is 4.50. The molecule has 1 aliphatic rings. The first-order valence-corrected chi connectivity index (χ1v) is 8.65. The maximum atomic E-state index is 13.5. The lowest BCUT2D eigenvalue weighted by Gasteiger charge is -2.14. The molecule has 1 aliphatic carbocycles. The van der Waals surface area contributed by atoms with E-state index in [9.17, 15) is 35.5 Å². The van der Waals surface area contributed by atoms with Crippen molar-refractivity contribution in [1.29, 1.82) is 0 Å². The van der Waals surface area contributed by atoms with Crippen LogP contribution in [0, 0.1) is 0 Å². The zero-order valence-corrected chi connectivity index (χ0v) is 12.7. The van der Waals surface area contributed by atoms with Crippen LogP contribution in [0.5, 0.6) is 5.06 Å². The highest BCUT2D eigenvalue weighted by atomic mass is 32.2. The molecule has 0 saturated heterocycles. The van der Waals surface area contributed by atoms with Crippen LogP contribution >= 0.6 is 11.3 Å². The Bertz CT molecular complexity index is 677. The molecule has 2 rings (SSSR count). The molecule has 0 radical (unpaired) electrons. The standard InChI is InChI=1S/C11H11F5O4S2/c1-22(18,19)9-6-5(4-10(12,13)7(6)17)8(21-9)20-3-2-11(14,15)16/h7,17H,2-4H2,1H3/t7-/m0/s1. The van der Waals surface area contributed by atoms with Gasteiger partial charge in [-0.25, -0.2) is 17.2 Å². The van der Waals surface area contributed by atoms with E-state index < -0.39 is 57.3 Å². The van der Waals surface area contributed by atoms with E-state index in [2.05, 4.69) is 0 Å². The summed E-state index contributed by atoms with van der Waals surface area (Å²) >= 11 is 0.453. The molecule has 0 unspecified atom stereocenters. The highest BCUT2D eigenvalue weighted by Gasteiger charge is 2.52. The number of thiophene rings is 1. The van der Waals surface area contributed by atoms with Crippen molar-refractivity contribution in [2.24, 2.45) is 0 Å². The minimum atomic E-state index is -4.48. The van der Waals surface area contributed by atoms with E-state index in [0.29, 0.717) is 11.3 Å². The van der Waals surface area contributed by atoms with Gasteiger partial charge in [0.05, 0.1) is 13.0 Å². The molecule has 126 valence electrons. The lowest BCUT2D eigenvalue weighted by atomic mass is 10.2. The number of halogens is 5. The number of hydrogen-bond donors (Lipinski definition) is 1. The maximum Gasteiger partial charge on any atom is 0.392 e. The largest absolute Gasteiger partial charge is 0.483 e. The van der Waals surface area contributed by atoms with Gasteiger partial charge in [0, 0.05) is 23.8 Å². The second-order valence-electron chi connectivity index (χ2n) is 4.90. The van der Waals surface area contributed by atoms with Gasteiger partial charge in [0.15, 0.2) is 14.9 Å². The van der Waals surface area contributed by atoms with Crippen LogP contribution in [0.2, 0.25) is 0 Å². The second kappa shape index (κ2) is 5.31. The third kappa shape index (κ3) is 3.35. The number of sulfone groups is 1. The van der Waals surface area contributed by atoms with Crippen molar-refractivity contribution < 1.29 is 40.2 Å². The Balaban J connectivity index is 2.36. The normalized spacial score (nSPS) is 21.0. The average molecular weight is 366 g/mol. The zero-order chi connectivity index (χ0) is 16.9. The van der Waals surface area contributed by atoms with Crippen molar-refractivity contribution in [3.05, 3.63) is 11.1 Å². The Labute approximate surface area is 126 Å². The number of fused-ring (bicyclic) bond motifs is 1. The molecule has 1 N–H and O–H groups in total. The molecule has 1 atom stereocenters. The molecule has 22 heavy (non-hydrogen) atoms. The SMILES string of the molecule is CS(=O)(=O)c1sc(OCCC(F)(F)F)c2c1[C@H](O)C(F)(F)C2. The van der Waals surface area contributed by atoms with Crippen molar-refractivity contribution in [3.63, 3.8) is 0 Å². The fourth-order valence-electron chi connectivity index (χ4n) is 2.07. The third-order valence-electron chi connectivity index (χ3n) is 3.02. The van der Waals surface area contributed by atoms with Gasteiger partial charge in [-0.05, 0) is 0 Å². The van der Waals surface area contributed by atoms with Gasteiger partial charge < -0.3 is 9.84 Å². The molecule has 0 saturated carbocycles. The summed E-state index contributed by atoms with van der Waals surface area (Å²) in [6, 6.07) is 0. The van der Waals surface area contributed by atoms with Gasteiger partial charge in [0.1, 0.15) is 10.3 Å². The summed E-state index contributed by atoms with van der Waals surface area (Å²) in [6.45, 7) is -0.818. The quantitative estimate of drug-likeness (QED) is 0.833. The Hall–Kier alpha value is -0.940. The van der Waals surface area contributed by atoms with Crippen LogP contribution in [0.1, 0.15) is 23.7 Å². The average Bonchev–Trinajstić information content (AvgIpc) is 2.74. The molecule has 11 heteroatoms. The van der Waals surface area contributed by atoms with Crippen molar-refractivity contribution in [2.45, 2.75) is 35.3 Å². The summed E-state index contributed by atoms with van der Waals surface area (Å²) < 4.78 is 90.9. The second-order valence-corrected chi connectivity index (χ2v) is 8.09. The summed E-state index contributed by atoms with van der Waals surface area (Å²) in [4.78, 5) is 0. The highest BCUT2D eigenvalue weighted by molar-refractivity contribution is 7.92. The van der Waals surface area contributed by atoms with Crippen LogP contribution in [0.15, 0.2) is 4.21 Å². The monoisotopic (exact) mass is 366 g/mol. The molecular weight excluding hydrogens is 355 g/mol. The summed E-state index contributed by atoms with van der Waals surface area (Å²) in [7, 11) is -3.92. The van der Waals surface area contributed by atoms with Crippen molar-refractivity contribution in [2.75, 3.05) is 12.9 Å². The zero-order valence-electron chi connectivity index (χ0n) is 11.1. The van der Waals surface area contributed by atoms with Crippen LogP contribution in [0.3, 0.4) is 0 Å². The molecule has 0 aliphatic heterocycles. The number of aliphatic hydroxyl groups excluding tert-OH is 1. The van der Waals surface area contributed by atoms with Crippen molar-refractivity contribution in [1.82, 2.24) is 0 Å². The van der Waals surface area contributed by atoms with Crippen molar-refractivity contribution >= 4 is 21.2 Å². The minimum absolute atomic E-state index is 0.245. The topological polar surface area (TPSA) is 63.6 Å². The van der Waals surface area contributed by atoms with E-state index in [0.717, 1.165) is 6.26 Å². The van der Waals surface area contributed by atoms with E-state index in [1.165, 1.54) is 0 Å². The molecular formula is C11H11F5O4S2. The summed E-state index contributed by atoms with van der Waals surface area (Å²) in [6.07, 6.45) is -8.31. The molecule has 0 bridgehead atoms. The molecule has 1 aromatic heterocycles. The number of hydrogen-bond acceptors (Lipinski definition) is 5. The van der Waals surface area contributed by atoms with E-state index >= 15 is 0 Å². The van der Waals surface area contributed by atoms with Crippen molar-refractivity contribution in [3.8, 4) is 5.06 Å². The van der Waals surface area contributed by atoms with Gasteiger partial charge in [-0.1, -0.05) is 11.3 Å². The van der Waals surface area contributed by atoms with Gasteiger partial charge in [-0.3, -0.25) is 0 Å². The lowest BCUT2D eigenvalue weighted by Crippen LogP contribution is -2.22. The van der Waals surface area contributed by atoms with Gasteiger partial charge in [-0.15, -0.1) is 0 Å². The van der Waals surface area contributed by atoms with Crippen LogP contribution < -0.4 is 4.74 Å². The number of rotatable bonds is 4. The number of alkyl halides is 5. The molecule has 1 heterocycles. The lowest BCUT2D eigenvalue weighted by molar-refractivity contribution is -0.139. The Kier molecular flexibility index (Phi) is 4.20. The molecule has 0 aromatic carbocycles. The Morgan fingerprint density at radius 2 is 2.00 bits per heavy atom. The Morgan fingerprint density at radius 3 is 2.50 bits per heavy atom. The first-order valence-electron chi connectivity index (χ1n) is 5.94. The molecule has 0 spiro atoms. The van der Waals surface area contributed by atoms with E-state index in [-0.39, 0.29) is 10.6 Å². The predicted octanol–water partition coefficient (Wildman–Crippen LogP) is 2.71. The Morgan fingerprint density at radius 1 is 1.41 bits per heavy atom. The first-order chi connectivity index (χ1) is 9.83. The first kappa shape index (κ1) is 17.4. The fraction of sp³-hybridized carbons (Fsp3) is 0.636. The van der Waals surface area contributed by atoms with Gasteiger partial charge in [0.25, 0.3) is 5.92 Å². The molecule has 4 nitrogen and oxygen atoms in total. The smallest absolute Gasteiger partial charge is 0.392 e. The summed E-state index contributed by atoms with van der Waals surface area (Å²) in [5.41, 5.74) is -0.718. The van der Waals surface area contributed by atoms with Crippen LogP contribution in [-0.2, 0) is 16.3 Å². The van der Waals surface area contributed by atoms with Crippen LogP contribution in [-0.4, -0.2) is 38.5 Å². The number of aliphatic hydroxyl groups is 1.